The lowest BCUT2D eigenvalue weighted by Crippen LogP contribution is -2.43. The lowest BCUT2D eigenvalue weighted by atomic mass is 10.1. The highest BCUT2D eigenvalue weighted by molar-refractivity contribution is 5.74. The van der Waals surface area contributed by atoms with Gasteiger partial charge in [0.2, 0.25) is 0 Å². The maximum absolute atomic E-state index is 12.0. The Labute approximate surface area is 143 Å². The van der Waals surface area contributed by atoms with E-state index in [4.69, 9.17) is 4.74 Å². The van der Waals surface area contributed by atoms with E-state index >= 15 is 0 Å². The Morgan fingerprint density at radius 3 is 2.54 bits per heavy atom. The molecule has 2 N–H and O–H groups in total. The molecule has 0 saturated heterocycles. The number of benzene rings is 1. The third-order valence-corrected chi connectivity index (χ3v) is 4.04. The van der Waals surface area contributed by atoms with Gasteiger partial charge in [-0.2, -0.15) is 5.10 Å². The summed E-state index contributed by atoms with van der Waals surface area (Å²) in [7, 11) is 1.88. The number of urea groups is 1. The Balaban J connectivity index is 1.78. The van der Waals surface area contributed by atoms with Crippen molar-refractivity contribution in [3.63, 3.8) is 0 Å². The summed E-state index contributed by atoms with van der Waals surface area (Å²) in [6, 6.07) is 5.73. The number of carbonyl (C=O) groups is 1. The number of para-hydroxylation sites is 1. The predicted octanol–water partition coefficient (Wildman–Crippen LogP) is 2.61. The van der Waals surface area contributed by atoms with E-state index in [0.29, 0.717) is 13.2 Å². The SMILES string of the molecule is Cc1cccc(C)c1OCC(C)NC(=O)NCc1cnn(C)c1C. The molecule has 130 valence electrons. The quantitative estimate of drug-likeness (QED) is 0.855. The van der Waals surface area contributed by atoms with Gasteiger partial charge in [-0.1, -0.05) is 18.2 Å². The molecule has 1 aromatic carbocycles. The fourth-order valence-corrected chi connectivity index (χ4v) is 2.44. The summed E-state index contributed by atoms with van der Waals surface area (Å²) in [6.45, 7) is 8.80. The summed E-state index contributed by atoms with van der Waals surface area (Å²) < 4.78 is 7.65. The van der Waals surface area contributed by atoms with Gasteiger partial charge in [0.15, 0.2) is 0 Å². The molecule has 1 unspecified atom stereocenters. The van der Waals surface area contributed by atoms with E-state index in [0.717, 1.165) is 28.1 Å². The number of hydrogen-bond donors (Lipinski definition) is 2. The molecule has 0 radical (unpaired) electrons. The summed E-state index contributed by atoms with van der Waals surface area (Å²) >= 11 is 0. The first-order valence-electron chi connectivity index (χ1n) is 8.09. The van der Waals surface area contributed by atoms with Crippen LogP contribution in [-0.4, -0.2) is 28.5 Å². The van der Waals surface area contributed by atoms with Crippen LogP contribution in [0.25, 0.3) is 0 Å². The van der Waals surface area contributed by atoms with Crippen LogP contribution in [0.5, 0.6) is 5.75 Å². The van der Waals surface area contributed by atoms with E-state index in [2.05, 4.69) is 15.7 Å². The van der Waals surface area contributed by atoms with Crippen LogP contribution in [0.3, 0.4) is 0 Å². The zero-order valence-corrected chi connectivity index (χ0v) is 15.0. The third kappa shape index (κ3) is 4.50. The molecule has 2 aromatic rings. The molecule has 6 heteroatoms. The summed E-state index contributed by atoms with van der Waals surface area (Å²) in [4.78, 5) is 12.0. The molecule has 1 heterocycles. The molecule has 0 spiro atoms. The van der Waals surface area contributed by atoms with Gasteiger partial charge in [-0.3, -0.25) is 4.68 Å². The van der Waals surface area contributed by atoms with Gasteiger partial charge < -0.3 is 15.4 Å². The molecule has 0 aliphatic heterocycles. The van der Waals surface area contributed by atoms with Crippen LogP contribution in [0.1, 0.15) is 29.3 Å². The van der Waals surface area contributed by atoms with Crippen molar-refractivity contribution in [1.82, 2.24) is 20.4 Å². The van der Waals surface area contributed by atoms with Crippen molar-refractivity contribution >= 4 is 6.03 Å². The van der Waals surface area contributed by atoms with E-state index in [1.54, 1.807) is 10.9 Å². The fraction of sp³-hybridized carbons (Fsp3) is 0.444. The Kier molecular flexibility index (Phi) is 5.84. The highest BCUT2D eigenvalue weighted by Gasteiger charge is 2.11. The second kappa shape index (κ2) is 7.86. The number of nitrogens with zero attached hydrogens (tertiary/aromatic N) is 2. The second-order valence-electron chi connectivity index (χ2n) is 6.14. The summed E-state index contributed by atoms with van der Waals surface area (Å²) in [6.07, 6.45) is 1.77. The van der Waals surface area contributed by atoms with E-state index < -0.39 is 0 Å². The number of aromatic nitrogens is 2. The van der Waals surface area contributed by atoms with Gasteiger partial charge in [0.05, 0.1) is 12.2 Å². The molecule has 0 saturated carbocycles. The Morgan fingerprint density at radius 1 is 1.29 bits per heavy atom. The minimum atomic E-state index is -0.212. The first-order valence-corrected chi connectivity index (χ1v) is 8.09. The van der Waals surface area contributed by atoms with Crippen LogP contribution in [-0.2, 0) is 13.6 Å². The number of ether oxygens (including phenoxy) is 1. The van der Waals surface area contributed by atoms with E-state index in [-0.39, 0.29) is 12.1 Å². The maximum Gasteiger partial charge on any atom is 0.315 e. The number of aryl methyl sites for hydroxylation is 3. The number of hydrogen-bond acceptors (Lipinski definition) is 3. The zero-order valence-electron chi connectivity index (χ0n) is 15.0. The molecule has 24 heavy (non-hydrogen) atoms. The van der Waals surface area contributed by atoms with Crippen molar-refractivity contribution in [3.05, 3.63) is 46.8 Å². The average Bonchev–Trinajstić information content (AvgIpc) is 2.84. The van der Waals surface area contributed by atoms with Crippen LogP contribution in [0.4, 0.5) is 4.79 Å². The number of nitrogens with one attached hydrogen (secondary N) is 2. The lowest BCUT2D eigenvalue weighted by Gasteiger charge is -2.17. The Hall–Kier alpha value is -2.50. The smallest absolute Gasteiger partial charge is 0.315 e. The predicted molar refractivity (Wildman–Crippen MR) is 94.2 cm³/mol. The van der Waals surface area contributed by atoms with E-state index in [1.165, 1.54) is 0 Å². The number of amides is 2. The second-order valence-corrected chi connectivity index (χ2v) is 6.14. The minimum absolute atomic E-state index is 0.0981. The van der Waals surface area contributed by atoms with Crippen LogP contribution in [0.15, 0.2) is 24.4 Å². The largest absolute Gasteiger partial charge is 0.491 e. The Morgan fingerprint density at radius 2 is 1.96 bits per heavy atom. The van der Waals surface area contributed by atoms with Crippen molar-refractivity contribution in [2.45, 2.75) is 40.3 Å². The number of carbonyl (C=O) groups excluding carboxylic acids is 1. The lowest BCUT2D eigenvalue weighted by molar-refractivity contribution is 0.225. The molecular weight excluding hydrogens is 304 g/mol. The van der Waals surface area contributed by atoms with Crippen LogP contribution < -0.4 is 15.4 Å². The minimum Gasteiger partial charge on any atom is -0.491 e. The molecule has 0 aliphatic carbocycles. The van der Waals surface area contributed by atoms with Gasteiger partial charge in [0.25, 0.3) is 0 Å². The summed E-state index contributed by atoms with van der Waals surface area (Å²) in [5.74, 6) is 0.887. The van der Waals surface area contributed by atoms with Crippen LogP contribution in [0, 0.1) is 20.8 Å². The number of rotatable bonds is 6. The van der Waals surface area contributed by atoms with Crippen molar-refractivity contribution in [2.24, 2.45) is 7.05 Å². The molecule has 1 aromatic heterocycles. The molecular formula is C18H26N4O2. The first kappa shape index (κ1) is 17.8. The van der Waals surface area contributed by atoms with Crippen LogP contribution >= 0.6 is 0 Å². The van der Waals surface area contributed by atoms with Gasteiger partial charge in [0, 0.05) is 24.8 Å². The van der Waals surface area contributed by atoms with Crippen molar-refractivity contribution in [1.29, 1.82) is 0 Å². The highest BCUT2D eigenvalue weighted by atomic mass is 16.5. The zero-order chi connectivity index (χ0) is 17.7. The van der Waals surface area contributed by atoms with E-state index in [9.17, 15) is 4.79 Å². The van der Waals surface area contributed by atoms with E-state index in [1.807, 2.05) is 52.9 Å². The molecule has 6 nitrogen and oxygen atoms in total. The average molecular weight is 330 g/mol. The topological polar surface area (TPSA) is 68.2 Å². The summed E-state index contributed by atoms with van der Waals surface area (Å²) in [5, 5.41) is 9.89. The molecule has 2 amide bonds. The highest BCUT2D eigenvalue weighted by Crippen LogP contribution is 2.22. The van der Waals surface area contributed by atoms with Crippen molar-refractivity contribution in [2.75, 3.05) is 6.61 Å². The molecule has 2 rings (SSSR count). The first-order chi connectivity index (χ1) is 11.4. The van der Waals surface area contributed by atoms with Gasteiger partial charge in [-0.15, -0.1) is 0 Å². The molecule has 0 bridgehead atoms. The van der Waals surface area contributed by atoms with Crippen molar-refractivity contribution < 1.29 is 9.53 Å². The Bertz CT molecular complexity index is 689. The van der Waals surface area contributed by atoms with Crippen molar-refractivity contribution in [3.8, 4) is 5.75 Å². The van der Waals surface area contributed by atoms with Gasteiger partial charge >= 0.3 is 6.03 Å². The van der Waals surface area contributed by atoms with Gasteiger partial charge in [-0.05, 0) is 38.8 Å². The standard InChI is InChI=1S/C18H26N4O2/c1-12-7-6-8-13(2)17(12)24-11-14(3)21-18(23)19-9-16-10-20-22(5)15(16)4/h6-8,10,14H,9,11H2,1-5H3,(H2,19,21,23). The monoisotopic (exact) mass is 330 g/mol. The van der Waals surface area contributed by atoms with Crippen LogP contribution in [0.2, 0.25) is 0 Å². The fourth-order valence-electron chi connectivity index (χ4n) is 2.44. The molecule has 0 fully saturated rings. The normalized spacial score (nSPS) is 11.9. The molecule has 0 aliphatic rings. The maximum atomic E-state index is 12.0. The third-order valence-electron chi connectivity index (χ3n) is 4.04. The van der Waals surface area contributed by atoms with Gasteiger partial charge in [0.1, 0.15) is 12.4 Å². The van der Waals surface area contributed by atoms with Gasteiger partial charge in [-0.25, -0.2) is 4.79 Å². The summed E-state index contributed by atoms with van der Waals surface area (Å²) in [5.41, 5.74) is 4.24. The molecule has 1 atom stereocenters.